The van der Waals surface area contributed by atoms with Crippen molar-refractivity contribution in [3.63, 3.8) is 0 Å². The summed E-state index contributed by atoms with van der Waals surface area (Å²) in [6.45, 7) is 6.98. The fourth-order valence-corrected chi connectivity index (χ4v) is 2.35. The zero-order chi connectivity index (χ0) is 15.1. The monoisotopic (exact) mass is 281 g/mol. The van der Waals surface area contributed by atoms with E-state index in [9.17, 15) is 14.7 Å². The summed E-state index contributed by atoms with van der Waals surface area (Å²) in [5.41, 5.74) is 0.768. The summed E-state index contributed by atoms with van der Waals surface area (Å²) >= 11 is 0. The van der Waals surface area contributed by atoms with Gasteiger partial charge in [0.1, 0.15) is 11.6 Å². The van der Waals surface area contributed by atoms with Crippen molar-refractivity contribution in [1.29, 1.82) is 0 Å². The summed E-state index contributed by atoms with van der Waals surface area (Å²) in [4.78, 5) is 32.0. The standard InChI is InChI=1S/C13H19N3O4/c1-7-10-8(14-6-15-10)5-9(11(17)18)16(7)12(19)20-13(2,3)4/h6-7,9H,5H2,1-4H3,(H,14,15)(H,17,18)/t7-,9-/m0/s1. The largest absolute Gasteiger partial charge is 0.480 e. The smallest absolute Gasteiger partial charge is 0.411 e. The van der Waals surface area contributed by atoms with Gasteiger partial charge in [0.25, 0.3) is 0 Å². The molecule has 0 saturated carbocycles. The molecule has 2 rings (SSSR count). The molecule has 0 fully saturated rings. The van der Waals surface area contributed by atoms with Gasteiger partial charge in [0.2, 0.25) is 0 Å². The summed E-state index contributed by atoms with van der Waals surface area (Å²) in [6, 6.07) is -1.39. The van der Waals surface area contributed by atoms with Gasteiger partial charge < -0.3 is 14.8 Å². The molecule has 1 aromatic rings. The minimum Gasteiger partial charge on any atom is -0.480 e. The van der Waals surface area contributed by atoms with E-state index in [1.807, 2.05) is 0 Å². The fraction of sp³-hybridized carbons (Fsp3) is 0.615. The Morgan fingerprint density at radius 2 is 2.15 bits per heavy atom. The quantitative estimate of drug-likeness (QED) is 0.817. The molecular weight excluding hydrogens is 262 g/mol. The molecule has 0 radical (unpaired) electrons. The van der Waals surface area contributed by atoms with E-state index in [4.69, 9.17) is 4.74 Å². The average molecular weight is 281 g/mol. The highest BCUT2D eigenvalue weighted by atomic mass is 16.6. The Morgan fingerprint density at radius 1 is 1.50 bits per heavy atom. The van der Waals surface area contributed by atoms with Gasteiger partial charge in [-0.1, -0.05) is 0 Å². The van der Waals surface area contributed by atoms with Crippen molar-refractivity contribution >= 4 is 12.1 Å². The molecule has 0 aromatic carbocycles. The second kappa shape index (κ2) is 4.81. The SMILES string of the molecule is C[C@H]1c2nc[nH]c2C[C@@H](C(=O)O)N1C(=O)OC(C)(C)C. The second-order valence-electron chi connectivity index (χ2n) is 5.89. The normalized spacial score (nSPS) is 22.3. The molecule has 1 aliphatic heterocycles. The number of nitrogens with one attached hydrogen (secondary N) is 1. The van der Waals surface area contributed by atoms with Crippen molar-refractivity contribution < 1.29 is 19.4 Å². The summed E-state index contributed by atoms with van der Waals surface area (Å²) in [5, 5.41) is 9.35. The Kier molecular flexibility index (Phi) is 3.45. The Hall–Kier alpha value is -2.05. The molecular formula is C13H19N3O4. The molecule has 1 aliphatic rings. The highest BCUT2D eigenvalue weighted by Crippen LogP contribution is 2.32. The van der Waals surface area contributed by atoms with Gasteiger partial charge in [0.15, 0.2) is 0 Å². The highest BCUT2D eigenvalue weighted by molar-refractivity contribution is 5.81. The molecule has 7 nitrogen and oxygen atoms in total. The number of carbonyl (C=O) groups excluding carboxylic acids is 1. The van der Waals surface area contributed by atoms with Gasteiger partial charge in [0, 0.05) is 12.1 Å². The lowest BCUT2D eigenvalue weighted by molar-refractivity contribution is -0.144. The first-order valence-corrected chi connectivity index (χ1v) is 6.47. The number of aliphatic carboxylic acids is 1. The lowest BCUT2D eigenvalue weighted by atomic mass is 9.97. The number of hydrogen-bond acceptors (Lipinski definition) is 4. The Morgan fingerprint density at radius 3 is 2.70 bits per heavy atom. The molecule has 1 aromatic heterocycles. The van der Waals surface area contributed by atoms with E-state index in [1.54, 1.807) is 27.7 Å². The molecule has 0 bridgehead atoms. The van der Waals surface area contributed by atoms with Crippen LogP contribution >= 0.6 is 0 Å². The highest BCUT2D eigenvalue weighted by Gasteiger charge is 2.42. The van der Waals surface area contributed by atoms with Crippen LogP contribution in [0.15, 0.2) is 6.33 Å². The minimum absolute atomic E-state index is 0.203. The Bertz CT molecular complexity index is 532. The number of nitrogens with zero attached hydrogens (tertiary/aromatic N) is 2. The van der Waals surface area contributed by atoms with Crippen molar-refractivity contribution in [2.75, 3.05) is 0 Å². The number of aromatic nitrogens is 2. The number of carbonyl (C=O) groups is 2. The van der Waals surface area contributed by atoms with Gasteiger partial charge >= 0.3 is 12.1 Å². The zero-order valence-corrected chi connectivity index (χ0v) is 12.0. The van der Waals surface area contributed by atoms with Crippen LogP contribution in [-0.4, -0.2) is 43.7 Å². The first-order valence-electron chi connectivity index (χ1n) is 6.47. The number of carboxylic acid groups (broad SMARTS) is 1. The van der Waals surface area contributed by atoms with Crippen LogP contribution in [0.2, 0.25) is 0 Å². The number of ether oxygens (including phenoxy) is 1. The molecule has 20 heavy (non-hydrogen) atoms. The van der Waals surface area contributed by atoms with E-state index >= 15 is 0 Å². The number of hydrogen-bond donors (Lipinski definition) is 2. The predicted molar refractivity (Wildman–Crippen MR) is 70.2 cm³/mol. The van der Waals surface area contributed by atoms with Crippen molar-refractivity contribution in [2.45, 2.75) is 51.8 Å². The number of carboxylic acids is 1. The molecule has 0 spiro atoms. The maximum atomic E-state index is 12.3. The van der Waals surface area contributed by atoms with Crippen LogP contribution < -0.4 is 0 Å². The van der Waals surface area contributed by atoms with Gasteiger partial charge in [-0.05, 0) is 27.7 Å². The number of fused-ring (bicyclic) bond motifs is 1. The predicted octanol–water partition coefficient (Wildman–Crippen LogP) is 1.72. The zero-order valence-electron chi connectivity index (χ0n) is 12.0. The third kappa shape index (κ3) is 2.61. The summed E-state index contributed by atoms with van der Waals surface area (Å²) < 4.78 is 5.31. The van der Waals surface area contributed by atoms with Gasteiger partial charge in [-0.25, -0.2) is 14.6 Å². The van der Waals surface area contributed by atoms with E-state index in [2.05, 4.69) is 9.97 Å². The molecule has 0 saturated heterocycles. The number of amides is 1. The lowest BCUT2D eigenvalue weighted by Crippen LogP contribution is -2.52. The minimum atomic E-state index is -1.05. The maximum absolute atomic E-state index is 12.3. The molecule has 1 amide bonds. The van der Waals surface area contributed by atoms with Crippen LogP contribution in [0.25, 0.3) is 0 Å². The van der Waals surface area contributed by atoms with Crippen LogP contribution in [0.4, 0.5) is 4.79 Å². The van der Waals surface area contributed by atoms with E-state index in [1.165, 1.54) is 11.2 Å². The van der Waals surface area contributed by atoms with Gasteiger partial charge in [-0.2, -0.15) is 0 Å². The van der Waals surface area contributed by atoms with Crippen LogP contribution in [0.3, 0.4) is 0 Å². The third-order valence-electron chi connectivity index (χ3n) is 3.19. The topological polar surface area (TPSA) is 95.5 Å². The van der Waals surface area contributed by atoms with Crippen LogP contribution in [0.1, 0.15) is 45.1 Å². The molecule has 7 heteroatoms. The van der Waals surface area contributed by atoms with E-state index in [0.29, 0.717) is 5.69 Å². The first-order chi connectivity index (χ1) is 9.20. The molecule has 0 unspecified atom stereocenters. The number of H-pyrrole nitrogens is 1. The number of rotatable bonds is 1. The number of aromatic amines is 1. The third-order valence-corrected chi connectivity index (χ3v) is 3.19. The average Bonchev–Trinajstić information content (AvgIpc) is 2.74. The van der Waals surface area contributed by atoms with Crippen LogP contribution in [-0.2, 0) is 16.0 Å². The summed E-state index contributed by atoms with van der Waals surface area (Å²) in [6.07, 6.45) is 1.08. The van der Waals surface area contributed by atoms with Crippen LogP contribution in [0.5, 0.6) is 0 Å². The lowest BCUT2D eigenvalue weighted by Gasteiger charge is -2.38. The van der Waals surface area contributed by atoms with Gasteiger partial charge in [-0.3, -0.25) is 4.90 Å². The number of imidazole rings is 1. The van der Waals surface area contributed by atoms with E-state index in [-0.39, 0.29) is 6.42 Å². The van der Waals surface area contributed by atoms with Gasteiger partial charge in [0.05, 0.1) is 18.1 Å². The summed E-state index contributed by atoms with van der Waals surface area (Å²) in [7, 11) is 0. The Balaban J connectivity index is 2.33. The van der Waals surface area contributed by atoms with Crippen molar-refractivity contribution in [3.05, 3.63) is 17.7 Å². The fourth-order valence-electron chi connectivity index (χ4n) is 2.35. The van der Waals surface area contributed by atoms with Crippen molar-refractivity contribution in [1.82, 2.24) is 14.9 Å². The molecule has 0 aliphatic carbocycles. The maximum Gasteiger partial charge on any atom is 0.411 e. The Labute approximate surface area is 116 Å². The van der Waals surface area contributed by atoms with Crippen LogP contribution in [0, 0.1) is 0 Å². The molecule has 110 valence electrons. The van der Waals surface area contributed by atoms with Gasteiger partial charge in [-0.15, -0.1) is 0 Å². The second-order valence-corrected chi connectivity index (χ2v) is 5.89. The van der Waals surface area contributed by atoms with E-state index < -0.39 is 29.7 Å². The first kappa shape index (κ1) is 14.4. The summed E-state index contributed by atoms with van der Waals surface area (Å²) in [5.74, 6) is -1.05. The van der Waals surface area contributed by atoms with E-state index in [0.717, 1.165) is 5.69 Å². The van der Waals surface area contributed by atoms with Crippen molar-refractivity contribution in [2.24, 2.45) is 0 Å². The molecule has 2 N–H and O–H groups in total. The van der Waals surface area contributed by atoms with Crippen molar-refractivity contribution in [3.8, 4) is 0 Å². The molecule has 2 atom stereocenters. The molecule has 2 heterocycles.